The molecule has 0 bridgehead atoms. The topological polar surface area (TPSA) is 18.5 Å². The van der Waals surface area contributed by atoms with Crippen LogP contribution in [0.2, 0.25) is 0 Å². The maximum atomic E-state index is 4.62. The van der Waals surface area contributed by atoms with Gasteiger partial charge in [0.05, 0.1) is 13.7 Å². The third-order valence-corrected chi connectivity index (χ3v) is 1.19. The van der Waals surface area contributed by atoms with E-state index in [1.807, 2.05) is 0 Å². The summed E-state index contributed by atoms with van der Waals surface area (Å²) in [7, 11) is 1.50. The first-order chi connectivity index (χ1) is 4.27. The molecule has 0 aliphatic heterocycles. The van der Waals surface area contributed by atoms with Crippen LogP contribution in [0.3, 0.4) is 0 Å². The van der Waals surface area contributed by atoms with Crippen LogP contribution in [0.4, 0.5) is 0 Å². The molecule has 0 amide bonds. The average molecular weight is 195 g/mol. The molecule has 0 heterocycles. The van der Waals surface area contributed by atoms with Gasteiger partial charge in [0.1, 0.15) is 0 Å². The van der Waals surface area contributed by atoms with Crippen LogP contribution in [0.25, 0.3) is 0 Å². The van der Waals surface area contributed by atoms with Gasteiger partial charge in [0, 0.05) is 0 Å². The maximum Gasteiger partial charge on any atom is 0.0825 e. The molecular formula is C6H11BrO2. The van der Waals surface area contributed by atoms with Crippen molar-refractivity contribution in [2.45, 2.75) is 12.8 Å². The second-order valence-corrected chi connectivity index (χ2v) is 2.73. The fourth-order valence-corrected chi connectivity index (χ4v) is 0.687. The molecule has 0 radical (unpaired) electrons. The standard InChI is InChI=1S/C6H11BrO2/c1-6(7)4-3-5-9-8-2/h1,3-5H2,2H3. The van der Waals surface area contributed by atoms with Gasteiger partial charge in [0.25, 0.3) is 0 Å². The lowest BCUT2D eigenvalue weighted by Gasteiger charge is -1.97. The molecule has 0 N–H and O–H groups in total. The highest BCUT2D eigenvalue weighted by atomic mass is 79.9. The van der Waals surface area contributed by atoms with E-state index in [-0.39, 0.29) is 0 Å². The number of halogens is 1. The van der Waals surface area contributed by atoms with E-state index >= 15 is 0 Å². The highest BCUT2D eigenvalue weighted by molar-refractivity contribution is 9.11. The smallest absolute Gasteiger partial charge is 0.0825 e. The number of allylic oxidation sites excluding steroid dienone is 1. The first-order valence-electron chi connectivity index (χ1n) is 2.76. The molecule has 0 aliphatic rings. The van der Waals surface area contributed by atoms with Crippen LogP contribution in [-0.2, 0) is 9.78 Å². The first kappa shape index (κ1) is 9.14. The van der Waals surface area contributed by atoms with E-state index in [1.165, 1.54) is 7.11 Å². The molecule has 0 unspecified atom stereocenters. The largest absolute Gasteiger partial charge is 0.240 e. The van der Waals surface area contributed by atoms with Crippen LogP contribution in [-0.4, -0.2) is 13.7 Å². The van der Waals surface area contributed by atoms with Crippen LogP contribution in [0, 0.1) is 0 Å². The zero-order valence-electron chi connectivity index (χ0n) is 5.52. The van der Waals surface area contributed by atoms with Crippen molar-refractivity contribution >= 4 is 15.9 Å². The number of hydrogen-bond donors (Lipinski definition) is 0. The van der Waals surface area contributed by atoms with Gasteiger partial charge in [-0.3, -0.25) is 0 Å². The van der Waals surface area contributed by atoms with Crippen molar-refractivity contribution in [3.05, 3.63) is 11.1 Å². The molecule has 0 aliphatic carbocycles. The average Bonchev–Trinajstić information content (AvgIpc) is 1.80. The van der Waals surface area contributed by atoms with Crippen molar-refractivity contribution in [1.29, 1.82) is 0 Å². The SMILES string of the molecule is C=C(Br)CCCOOC. The molecule has 54 valence electrons. The number of rotatable bonds is 5. The molecule has 0 saturated heterocycles. The van der Waals surface area contributed by atoms with Crippen molar-refractivity contribution in [2.24, 2.45) is 0 Å². The van der Waals surface area contributed by atoms with Gasteiger partial charge in [0.15, 0.2) is 0 Å². The van der Waals surface area contributed by atoms with Crippen molar-refractivity contribution in [1.82, 2.24) is 0 Å². The fourth-order valence-electron chi connectivity index (χ4n) is 0.406. The minimum atomic E-state index is 0.626. The highest BCUT2D eigenvalue weighted by Gasteiger charge is 1.88. The summed E-state index contributed by atoms with van der Waals surface area (Å²) in [5.74, 6) is 0. The molecule has 0 aromatic rings. The Bertz CT molecular complexity index is 83.1. The third kappa shape index (κ3) is 8.14. The van der Waals surface area contributed by atoms with Gasteiger partial charge in [-0.1, -0.05) is 22.5 Å². The molecule has 0 aromatic heterocycles. The van der Waals surface area contributed by atoms with Gasteiger partial charge in [0.2, 0.25) is 0 Å². The van der Waals surface area contributed by atoms with E-state index in [0.29, 0.717) is 6.61 Å². The molecule has 0 rings (SSSR count). The summed E-state index contributed by atoms with van der Waals surface area (Å²) >= 11 is 3.24. The Labute approximate surface area is 63.9 Å². The van der Waals surface area contributed by atoms with Crippen LogP contribution in [0.5, 0.6) is 0 Å². The van der Waals surface area contributed by atoms with E-state index in [2.05, 4.69) is 32.3 Å². The Balaban J connectivity index is 2.83. The molecule has 0 aromatic carbocycles. The summed E-state index contributed by atoms with van der Waals surface area (Å²) in [5, 5.41) is 0. The predicted molar refractivity (Wildman–Crippen MR) is 40.3 cm³/mol. The maximum absolute atomic E-state index is 4.62. The zero-order chi connectivity index (χ0) is 7.11. The highest BCUT2D eigenvalue weighted by Crippen LogP contribution is 2.08. The number of hydrogen-bond acceptors (Lipinski definition) is 2. The van der Waals surface area contributed by atoms with E-state index in [0.717, 1.165) is 17.3 Å². The summed E-state index contributed by atoms with van der Waals surface area (Å²) in [6.07, 6.45) is 1.88. The summed E-state index contributed by atoms with van der Waals surface area (Å²) in [5.41, 5.74) is 0. The third-order valence-electron chi connectivity index (χ3n) is 0.794. The Morgan fingerprint density at radius 1 is 1.67 bits per heavy atom. The lowest BCUT2D eigenvalue weighted by atomic mass is 10.3. The lowest BCUT2D eigenvalue weighted by molar-refractivity contribution is -0.272. The lowest BCUT2D eigenvalue weighted by Crippen LogP contribution is -1.91. The van der Waals surface area contributed by atoms with E-state index in [1.54, 1.807) is 0 Å². The molecule has 0 fully saturated rings. The summed E-state index contributed by atoms with van der Waals surface area (Å²) in [6.45, 7) is 4.30. The van der Waals surface area contributed by atoms with Crippen LogP contribution in [0.15, 0.2) is 11.1 Å². The molecule has 2 nitrogen and oxygen atoms in total. The van der Waals surface area contributed by atoms with Crippen LogP contribution < -0.4 is 0 Å². The minimum absolute atomic E-state index is 0.626. The Morgan fingerprint density at radius 2 is 2.33 bits per heavy atom. The molecule has 0 spiro atoms. The van der Waals surface area contributed by atoms with Crippen molar-refractivity contribution in [3.8, 4) is 0 Å². The normalized spacial score (nSPS) is 9.56. The Morgan fingerprint density at radius 3 is 2.78 bits per heavy atom. The molecule has 9 heavy (non-hydrogen) atoms. The molecule has 0 saturated carbocycles. The van der Waals surface area contributed by atoms with Gasteiger partial charge in [-0.2, -0.15) is 0 Å². The summed E-state index contributed by atoms with van der Waals surface area (Å²) in [6, 6.07) is 0. The van der Waals surface area contributed by atoms with E-state index in [4.69, 9.17) is 0 Å². The monoisotopic (exact) mass is 194 g/mol. The molecular weight excluding hydrogens is 184 g/mol. The van der Waals surface area contributed by atoms with Gasteiger partial charge in [-0.25, -0.2) is 9.78 Å². The summed E-state index contributed by atoms with van der Waals surface area (Å²) in [4.78, 5) is 9.00. The first-order valence-corrected chi connectivity index (χ1v) is 3.55. The van der Waals surface area contributed by atoms with E-state index in [9.17, 15) is 0 Å². The minimum Gasteiger partial charge on any atom is -0.240 e. The Hall–Kier alpha value is 0.140. The van der Waals surface area contributed by atoms with Crippen molar-refractivity contribution < 1.29 is 9.78 Å². The van der Waals surface area contributed by atoms with Gasteiger partial charge >= 0.3 is 0 Å². The van der Waals surface area contributed by atoms with E-state index < -0.39 is 0 Å². The quantitative estimate of drug-likeness (QED) is 0.380. The van der Waals surface area contributed by atoms with Crippen molar-refractivity contribution in [3.63, 3.8) is 0 Å². The predicted octanol–water partition coefficient (Wildman–Crippen LogP) is 2.25. The van der Waals surface area contributed by atoms with Gasteiger partial charge < -0.3 is 0 Å². The molecule has 0 atom stereocenters. The zero-order valence-corrected chi connectivity index (χ0v) is 7.11. The Kier molecular flexibility index (Phi) is 6.36. The second-order valence-electron chi connectivity index (χ2n) is 1.61. The van der Waals surface area contributed by atoms with Crippen molar-refractivity contribution in [2.75, 3.05) is 13.7 Å². The van der Waals surface area contributed by atoms with Crippen LogP contribution in [0.1, 0.15) is 12.8 Å². The summed E-state index contributed by atoms with van der Waals surface area (Å²) < 4.78 is 1.00. The molecule has 3 heteroatoms. The second kappa shape index (κ2) is 6.26. The van der Waals surface area contributed by atoms with Gasteiger partial charge in [-0.05, 0) is 17.3 Å². The fraction of sp³-hybridized carbons (Fsp3) is 0.667. The van der Waals surface area contributed by atoms with Gasteiger partial charge in [-0.15, -0.1) is 0 Å². The van der Waals surface area contributed by atoms with Crippen LogP contribution >= 0.6 is 15.9 Å².